The molecule has 198 valence electrons. The minimum Gasteiger partial charge on any atom is -0.444 e. The second-order valence-electron chi connectivity index (χ2n) is 9.89. The van der Waals surface area contributed by atoms with Crippen molar-refractivity contribution in [2.24, 2.45) is 0 Å². The van der Waals surface area contributed by atoms with Gasteiger partial charge in [0, 0.05) is 25.2 Å². The van der Waals surface area contributed by atoms with Gasteiger partial charge in [-0.2, -0.15) is 5.26 Å². The minimum absolute atomic E-state index is 0.257. The first-order valence-electron chi connectivity index (χ1n) is 12.2. The number of amides is 2. The molecule has 0 unspecified atom stereocenters. The third kappa shape index (κ3) is 8.48. The van der Waals surface area contributed by atoms with Crippen LogP contribution in [0.15, 0.2) is 66.7 Å². The Hall–Kier alpha value is -5.08. The van der Waals surface area contributed by atoms with Crippen molar-refractivity contribution < 1.29 is 19.1 Å². The monoisotopic (exact) mass is 522 g/mol. The van der Waals surface area contributed by atoms with Crippen LogP contribution in [0, 0.1) is 23.2 Å². The molecule has 0 saturated heterocycles. The van der Waals surface area contributed by atoms with Gasteiger partial charge >= 0.3 is 6.09 Å². The average Bonchev–Trinajstić information content (AvgIpc) is 2.87. The normalized spacial score (nSPS) is 10.4. The number of ketones is 1. The molecular formula is C31H30N4O4. The SMILES string of the molecule is CN(C)c1cc(NC(=O)OC(C)(C)C)c(NC(=O)CC(=O)c2cccc(C#N)c2)cc1C#Cc1ccccc1. The van der Waals surface area contributed by atoms with E-state index in [1.54, 1.807) is 51.1 Å². The summed E-state index contributed by atoms with van der Waals surface area (Å²) in [6, 6.07) is 20.9. The first-order valence-corrected chi connectivity index (χ1v) is 12.2. The summed E-state index contributed by atoms with van der Waals surface area (Å²) < 4.78 is 5.40. The summed E-state index contributed by atoms with van der Waals surface area (Å²) in [6.45, 7) is 5.24. The van der Waals surface area contributed by atoms with Gasteiger partial charge in [0.2, 0.25) is 5.91 Å². The van der Waals surface area contributed by atoms with Crippen LogP contribution in [-0.4, -0.2) is 37.5 Å². The molecule has 0 fully saturated rings. The number of carbonyl (C=O) groups excluding carboxylic acids is 3. The van der Waals surface area contributed by atoms with Gasteiger partial charge in [-0.1, -0.05) is 42.2 Å². The molecule has 2 N–H and O–H groups in total. The predicted octanol–water partition coefficient (Wildman–Crippen LogP) is 5.58. The summed E-state index contributed by atoms with van der Waals surface area (Å²) in [5, 5.41) is 14.5. The Morgan fingerprint density at radius 1 is 0.872 bits per heavy atom. The number of anilines is 3. The highest BCUT2D eigenvalue weighted by Gasteiger charge is 2.20. The highest BCUT2D eigenvalue weighted by molar-refractivity contribution is 6.12. The summed E-state index contributed by atoms with van der Waals surface area (Å²) in [4.78, 5) is 40.1. The number of carbonyl (C=O) groups is 3. The Labute approximate surface area is 228 Å². The Morgan fingerprint density at radius 3 is 2.18 bits per heavy atom. The van der Waals surface area contributed by atoms with Crippen molar-refractivity contribution >= 4 is 34.8 Å². The molecule has 3 aromatic carbocycles. The Morgan fingerprint density at radius 2 is 1.54 bits per heavy atom. The summed E-state index contributed by atoms with van der Waals surface area (Å²) in [6.07, 6.45) is -1.16. The number of nitrogens with one attached hydrogen (secondary N) is 2. The molecule has 39 heavy (non-hydrogen) atoms. The number of hydrogen-bond donors (Lipinski definition) is 2. The predicted molar refractivity (Wildman–Crippen MR) is 152 cm³/mol. The van der Waals surface area contributed by atoms with E-state index < -0.39 is 29.8 Å². The highest BCUT2D eigenvalue weighted by Crippen LogP contribution is 2.32. The zero-order valence-electron chi connectivity index (χ0n) is 22.6. The van der Waals surface area contributed by atoms with Gasteiger partial charge in [0.05, 0.1) is 40.7 Å². The van der Waals surface area contributed by atoms with Gasteiger partial charge in [0.1, 0.15) is 5.60 Å². The number of ether oxygens (including phenoxy) is 1. The van der Waals surface area contributed by atoms with Crippen LogP contribution in [0.5, 0.6) is 0 Å². The number of nitriles is 1. The van der Waals surface area contributed by atoms with E-state index in [-0.39, 0.29) is 16.9 Å². The number of nitrogens with zero attached hydrogens (tertiary/aromatic N) is 2. The third-order valence-corrected chi connectivity index (χ3v) is 5.28. The first kappa shape index (κ1) is 28.5. The Bertz CT molecular complexity index is 1490. The van der Waals surface area contributed by atoms with Gasteiger partial charge in [-0.15, -0.1) is 0 Å². The molecule has 0 radical (unpaired) electrons. The van der Waals surface area contributed by atoms with Crippen molar-refractivity contribution in [1.29, 1.82) is 5.26 Å². The first-order chi connectivity index (χ1) is 18.4. The Kier molecular flexibility index (Phi) is 9.09. The highest BCUT2D eigenvalue weighted by atomic mass is 16.6. The maximum Gasteiger partial charge on any atom is 0.412 e. The molecule has 8 heteroatoms. The zero-order chi connectivity index (χ0) is 28.6. The zero-order valence-corrected chi connectivity index (χ0v) is 22.6. The third-order valence-electron chi connectivity index (χ3n) is 5.28. The van der Waals surface area contributed by atoms with Gasteiger partial charge in [0.25, 0.3) is 0 Å². The molecule has 0 spiro atoms. The summed E-state index contributed by atoms with van der Waals surface area (Å²) >= 11 is 0. The van der Waals surface area contributed by atoms with E-state index >= 15 is 0 Å². The van der Waals surface area contributed by atoms with Gasteiger partial charge in [-0.05, 0) is 57.2 Å². The molecule has 0 heterocycles. The van der Waals surface area contributed by atoms with E-state index in [9.17, 15) is 14.4 Å². The van der Waals surface area contributed by atoms with Crippen molar-refractivity contribution in [1.82, 2.24) is 0 Å². The fourth-order valence-corrected chi connectivity index (χ4v) is 3.54. The topological polar surface area (TPSA) is 112 Å². The summed E-state index contributed by atoms with van der Waals surface area (Å²) in [5.74, 6) is 5.22. The van der Waals surface area contributed by atoms with Gasteiger partial charge in [-0.25, -0.2) is 4.79 Å². The van der Waals surface area contributed by atoms with Gasteiger partial charge in [-0.3, -0.25) is 14.9 Å². The molecule has 0 aromatic heterocycles. The van der Waals surface area contributed by atoms with E-state index in [0.29, 0.717) is 16.8 Å². The molecule has 0 atom stereocenters. The van der Waals surface area contributed by atoms with Crippen molar-refractivity contribution in [3.63, 3.8) is 0 Å². The number of hydrogen-bond acceptors (Lipinski definition) is 6. The molecular weight excluding hydrogens is 492 g/mol. The van der Waals surface area contributed by atoms with Crippen LogP contribution in [0.4, 0.5) is 21.9 Å². The van der Waals surface area contributed by atoms with Crippen LogP contribution in [0.1, 0.15) is 54.2 Å². The average molecular weight is 523 g/mol. The standard InChI is InChI=1S/C31H30N4O4/c1-31(2,3)39-30(38)34-26-18-27(35(4)5)23(15-14-21-10-7-6-8-11-21)17-25(26)33-29(37)19-28(36)24-13-9-12-22(16-24)20-32/h6-13,16-18H,19H2,1-5H3,(H,33,37)(H,34,38). The number of benzene rings is 3. The lowest BCUT2D eigenvalue weighted by Gasteiger charge is -2.22. The number of rotatable bonds is 6. The van der Waals surface area contributed by atoms with Gasteiger partial charge < -0.3 is 15.0 Å². The van der Waals surface area contributed by atoms with Crippen LogP contribution in [-0.2, 0) is 9.53 Å². The lowest BCUT2D eigenvalue weighted by Crippen LogP contribution is -2.28. The molecule has 2 amide bonds. The smallest absolute Gasteiger partial charge is 0.412 e. The van der Waals surface area contributed by atoms with Crippen molar-refractivity contribution in [3.05, 3.63) is 89.0 Å². The molecule has 3 aromatic rings. The lowest BCUT2D eigenvalue weighted by molar-refractivity contribution is -0.115. The van der Waals surface area contributed by atoms with Gasteiger partial charge in [0.15, 0.2) is 5.78 Å². The molecule has 3 rings (SSSR count). The molecule has 0 aliphatic heterocycles. The summed E-state index contributed by atoms with van der Waals surface area (Å²) in [7, 11) is 3.68. The van der Waals surface area contributed by atoms with Crippen LogP contribution in [0.25, 0.3) is 0 Å². The quantitative estimate of drug-likeness (QED) is 0.248. The molecule has 0 saturated carbocycles. The van der Waals surface area contributed by atoms with E-state index in [0.717, 1.165) is 5.56 Å². The van der Waals surface area contributed by atoms with Crippen LogP contribution < -0.4 is 15.5 Å². The molecule has 0 bridgehead atoms. The maximum absolute atomic E-state index is 12.9. The number of Topliss-reactive ketones (excluding diaryl/α,β-unsaturated/α-hetero) is 1. The second kappa shape index (κ2) is 12.4. The van der Waals surface area contributed by atoms with E-state index in [1.165, 1.54) is 6.07 Å². The molecule has 8 nitrogen and oxygen atoms in total. The largest absolute Gasteiger partial charge is 0.444 e. The van der Waals surface area contributed by atoms with E-state index in [4.69, 9.17) is 10.00 Å². The van der Waals surface area contributed by atoms with Crippen molar-refractivity contribution in [2.45, 2.75) is 32.8 Å². The summed E-state index contributed by atoms with van der Waals surface area (Å²) in [5.41, 5.74) is 2.50. The molecule has 0 aliphatic rings. The lowest BCUT2D eigenvalue weighted by atomic mass is 10.0. The fraction of sp³-hybridized carbons (Fsp3) is 0.226. The fourth-order valence-electron chi connectivity index (χ4n) is 3.54. The van der Waals surface area contributed by atoms with E-state index in [1.807, 2.05) is 55.4 Å². The maximum atomic E-state index is 12.9. The van der Waals surface area contributed by atoms with Crippen LogP contribution >= 0.6 is 0 Å². The van der Waals surface area contributed by atoms with Crippen LogP contribution in [0.2, 0.25) is 0 Å². The van der Waals surface area contributed by atoms with Crippen molar-refractivity contribution in [2.75, 3.05) is 29.6 Å². The van der Waals surface area contributed by atoms with E-state index in [2.05, 4.69) is 22.5 Å². The molecule has 0 aliphatic carbocycles. The Balaban J connectivity index is 1.97. The second-order valence-corrected chi connectivity index (χ2v) is 9.89. The minimum atomic E-state index is -0.733. The van der Waals surface area contributed by atoms with Crippen molar-refractivity contribution in [3.8, 4) is 17.9 Å². The van der Waals surface area contributed by atoms with Crippen LogP contribution in [0.3, 0.4) is 0 Å².